The standard InChI is InChI=1S/C13H21NO3/c1-5-6-7-9(2)10(3)12(8-13(16)17)14-11(4)15/h6-10H,5H2,1-4H3,(H,14,15)(H,16,17)/b7-6+,12-8-/t9-,10+/m0/s1. The van der Waals surface area contributed by atoms with Crippen molar-refractivity contribution >= 4 is 11.9 Å². The van der Waals surface area contributed by atoms with Crippen LogP contribution in [0.5, 0.6) is 0 Å². The van der Waals surface area contributed by atoms with Crippen LogP contribution in [-0.2, 0) is 9.59 Å². The van der Waals surface area contributed by atoms with Gasteiger partial charge >= 0.3 is 5.97 Å². The van der Waals surface area contributed by atoms with Crippen LogP contribution in [-0.4, -0.2) is 17.0 Å². The highest BCUT2D eigenvalue weighted by molar-refractivity contribution is 5.83. The fourth-order valence-electron chi connectivity index (χ4n) is 1.42. The molecule has 0 aromatic carbocycles. The molecule has 0 spiro atoms. The molecular weight excluding hydrogens is 218 g/mol. The summed E-state index contributed by atoms with van der Waals surface area (Å²) in [6.45, 7) is 7.30. The zero-order valence-electron chi connectivity index (χ0n) is 10.9. The van der Waals surface area contributed by atoms with Crippen molar-refractivity contribution < 1.29 is 14.7 Å². The molecule has 4 nitrogen and oxygen atoms in total. The van der Waals surface area contributed by atoms with E-state index in [0.29, 0.717) is 5.70 Å². The minimum Gasteiger partial charge on any atom is -0.478 e. The molecule has 2 atom stereocenters. The highest BCUT2D eigenvalue weighted by atomic mass is 16.4. The number of rotatable bonds is 6. The second-order valence-corrected chi connectivity index (χ2v) is 4.10. The van der Waals surface area contributed by atoms with Crippen LogP contribution in [0.3, 0.4) is 0 Å². The summed E-state index contributed by atoms with van der Waals surface area (Å²) in [6, 6.07) is 0. The molecule has 4 heteroatoms. The molecule has 0 heterocycles. The molecule has 17 heavy (non-hydrogen) atoms. The summed E-state index contributed by atoms with van der Waals surface area (Å²) in [5.41, 5.74) is 0.443. The van der Waals surface area contributed by atoms with E-state index >= 15 is 0 Å². The third kappa shape index (κ3) is 6.56. The predicted molar refractivity (Wildman–Crippen MR) is 67.3 cm³/mol. The van der Waals surface area contributed by atoms with E-state index in [1.807, 2.05) is 32.9 Å². The SMILES string of the molecule is CC/C=C/[C@H](C)[C@@H](C)/C(=C/C(=O)O)NC(C)=O. The van der Waals surface area contributed by atoms with Gasteiger partial charge in [0.2, 0.25) is 5.91 Å². The van der Waals surface area contributed by atoms with Crippen LogP contribution in [0.1, 0.15) is 34.1 Å². The first kappa shape index (κ1) is 15.4. The highest BCUT2D eigenvalue weighted by Crippen LogP contribution is 2.19. The Balaban J connectivity index is 4.85. The minimum atomic E-state index is -1.05. The number of carboxylic acids is 1. The third-order valence-electron chi connectivity index (χ3n) is 2.55. The Hall–Kier alpha value is -1.58. The molecule has 0 bridgehead atoms. The predicted octanol–water partition coefficient (Wildman–Crippen LogP) is 2.33. The van der Waals surface area contributed by atoms with Crippen LogP contribution in [0.2, 0.25) is 0 Å². The number of amides is 1. The van der Waals surface area contributed by atoms with Gasteiger partial charge in [-0.05, 0) is 12.3 Å². The lowest BCUT2D eigenvalue weighted by atomic mass is 9.91. The van der Waals surface area contributed by atoms with Gasteiger partial charge in [0.25, 0.3) is 0 Å². The van der Waals surface area contributed by atoms with Gasteiger partial charge in [-0.1, -0.05) is 32.9 Å². The molecule has 0 aliphatic heterocycles. The third-order valence-corrected chi connectivity index (χ3v) is 2.55. The average Bonchev–Trinajstić information content (AvgIpc) is 2.22. The maximum atomic E-state index is 11.0. The fraction of sp³-hybridized carbons (Fsp3) is 0.538. The lowest BCUT2D eigenvalue weighted by molar-refractivity contribution is -0.131. The van der Waals surface area contributed by atoms with E-state index in [1.54, 1.807) is 0 Å². The number of aliphatic carboxylic acids is 1. The van der Waals surface area contributed by atoms with Gasteiger partial charge in [-0.25, -0.2) is 4.79 Å². The van der Waals surface area contributed by atoms with E-state index in [1.165, 1.54) is 6.92 Å². The Morgan fingerprint density at radius 1 is 1.35 bits per heavy atom. The van der Waals surface area contributed by atoms with Gasteiger partial charge in [0.15, 0.2) is 0 Å². The van der Waals surface area contributed by atoms with Gasteiger partial charge in [-0.3, -0.25) is 4.79 Å². The maximum absolute atomic E-state index is 11.0. The van der Waals surface area contributed by atoms with Gasteiger partial charge < -0.3 is 10.4 Å². The molecule has 0 saturated carbocycles. The van der Waals surface area contributed by atoms with Crippen molar-refractivity contribution in [3.63, 3.8) is 0 Å². The Morgan fingerprint density at radius 2 is 1.94 bits per heavy atom. The minimum absolute atomic E-state index is 0.0437. The first-order valence-electron chi connectivity index (χ1n) is 5.77. The van der Waals surface area contributed by atoms with Gasteiger partial charge in [-0.2, -0.15) is 0 Å². The van der Waals surface area contributed by atoms with Crippen LogP contribution < -0.4 is 5.32 Å². The van der Waals surface area contributed by atoms with Crippen LogP contribution in [0.15, 0.2) is 23.9 Å². The van der Waals surface area contributed by atoms with Crippen molar-refractivity contribution in [1.82, 2.24) is 5.32 Å². The normalized spacial score (nSPS) is 15.6. The largest absolute Gasteiger partial charge is 0.478 e. The van der Waals surface area contributed by atoms with Crippen LogP contribution >= 0.6 is 0 Å². The van der Waals surface area contributed by atoms with Gasteiger partial charge in [-0.15, -0.1) is 0 Å². The average molecular weight is 239 g/mol. The summed E-state index contributed by atoms with van der Waals surface area (Å²) in [6.07, 6.45) is 6.06. The van der Waals surface area contributed by atoms with E-state index < -0.39 is 5.97 Å². The molecule has 0 aliphatic rings. The molecule has 0 aliphatic carbocycles. The lowest BCUT2D eigenvalue weighted by Gasteiger charge is -2.20. The van der Waals surface area contributed by atoms with Crippen molar-refractivity contribution in [3.8, 4) is 0 Å². The molecule has 0 saturated heterocycles. The molecule has 0 unspecified atom stereocenters. The van der Waals surface area contributed by atoms with Gasteiger partial charge in [0.1, 0.15) is 0 Å². The Kier molecular flexibility index (Phi) is 6.94. The number of carbonyl (C=O) groups is 2. The first-order valence-corrected chi connectivity index (χ1v) is 5.77. The molecule has 96 valence electrons. The molecule has 0 rings (SSSR count). The van der Waals surface area contributed by atoms with Crippen molar-refractivity contribution in [2.24, 2.45) is 11.8 Å². The summed E-state index contributed by atoms with van der Waals surface area (Å²) in [4.78, 5) is 21.7. The number of carboxylic acid groups (broad SMARTS) is 1. The lowest BCUT2D eigenvalue weighted by Crippen LogP contribution is -2.27. The fourth-order valence-corrected chi connectivity index (χ4v) is 1.42. The second-order valence-electron chi connectivity index (χ2n) is 4.10. The molecule has 0 aromatic heterocycles. The molecule has 0 aromatic rings. The summed E-state index contributed by atoms with van der Waals surface area (Å²) in [5, 5.41) is 11.3. The molecular formula is C13H21NO3. The number of nitrogens with one attached hydrogen (secondary N) is 1. The molecule has 0 radical (unpaired) electrons. The van der Waals surface area contributed by atoms with Crippen LogP contribution in [0.25, 0.3) is 0 Å². The van der Waals surface area contributed by atoms with Gasteiger partial charge in [0, 0.05) is 24.6 Å². The number of allylic oxidation sites excluding steroid dienone is 3. The van der Waals surface area contributed by atoms with Crippen LogP contribution in [0, 0.1) is 11.8 Å². The van der Waals surface area contributed by atoms with Crippen molar-refractivity contribution in [1.29, 1.82) is 0 Å². The Bertz CT molecular complexity index is 332. The summed E-state index contributed by atoms with van der Waals surface area (Å²) >= 11 is 0. The number of hydrogen-bond donors (Lipinski definition) is 2. The highest BCUT2D eigenvalue weighted by Gasteiger charge is 2.16. The van der Waals surface area contributed by atoms with E-state index in [9.17, 15) is 9.59 Å². The van der Waals surface area contributed by atoms with Crippen molar-refractivity contribution in [3.05, 3.63) is 23.9 Å². The van der Waals surface area contributed by atoms with E-state index in [-0.39, 0.29) is 17.7 Å². The van der Waals surface area contributed by atoms with Gasteiger partial charge in [0.05, 0.1) is 0 Å². The smallest absolute Gasteiger partial charge is 0.330 e. The Morgan fingerprint density at radius 3 is 2.35 bits per heavy atom. The zero-order valence-corrected chi connectivity index (χ0v) is 10.9. The second kappa shape index (κ2) is 7.65. The molecule has 2 N–H and O–H groups in total. The number of carbonyl (C=O) groups excluding carboxylic acids is 1. The number of hydrogen-bond acceptors (Lipinski definition) is 2. The van der Waals surface area contributed by atoms with E-state index in [2.05, 4.69) is 5.32 Å². The molecule has 0 fully saturated rings. The Labute approximate surface area is 102 Å². The topological polar surface area (TPSA) is 66.4 Å². The quantitative estimate of drug-likeness (QED) is 0.552. The van der Waals surface area contributed by atoms with Crippen molar-refractivity contribution in [2.45, 2.75) is 34.1 Å². The summed E-state index contributed by atoms with van der Waals surface area (Å²) in [5.74, 6) is -1.17. The summed E-state index contributed by atoms with van der Waals surface area (Å²) < 4.78 is 0. The maximum Gasteiger partial charge on any atom is 0.330 e. The van der Waals surface area contributed by atoms with E-state index in [0.717, 1.165) is 12.5 Å². The van der Waals surface area contributed by atoms with Crippen molar-refractivity contribution in [2.75, 3.05) is 0 Å². The monoisotopic (exact) mass is 239 g/mol. The van der Waals surface area contributed by atoms with E-state index in [4.69, 9.17) is 5.11 Å². The van der Waals surface area contributed by atoms with Crippen LogP contribution in [0.4, 0.5) is 0 Å². The zero-order chi connectivity index (χ0) is 13.4. The molecule has 1 amide bonds. The first-order chi connectivity index (χ1) is 7.88. The summed E-state index contributed by atoms with van der Waals surface area (Å²) in [7, 11) is 0.